The molecular formula is C33H42O9. The first-order valence-electron chi connectivity index (χ1n) is 14.6. The zero-order valence-corrected chi connectivity index (χ0v) is 25.7. The minimum Gasteiger partial charge on any atom is -0.472 e. The van der Waals surface area contributed by atoms with Crippen LogP contribution in [0.25, 0.3) is 0 Å². The van der Waals surface area contributed by atoms with E-state index in [2.05, 4.69) is 6.58 Å². The van der Waals surface area contributed by atoms with Crippen LogP contribution >= 0.6 is 0 Å². The van der Waals surface area contributed by atoms with Gasteiger partial charge in [0.2, 0.25) is 0 Å². The average molecular weight is 583 g/mol. The summed E-state index contributed by atoms with van der Waals surface area (Å²) in [6.45, 7) is 17.1. The number of methoxy groups -OCH3 is 1. The van der Waals surface area contributed by atoms with Gasteiger partial charge in [0, 0.05) is 29.6 Å². The Bertz CT molecular complexity index is 1340. The van der Waals surface area contributed by atoms with Crippen LogP contribution in [0.4, 0.5) is 0 Å². The molecule has 1 saturated heterocycles. The Hall–Kier alpha value is -3.20. The summed E-state index contributed by atoms with van der Waals surface area (Å²) >= 11 is 0. The molecule has 0 bridgehead atoms. The van der Waals surface area contributed by atoms with Gasteiger partial charge in [-0.2, -0.15) is 0 Å². The highest BCUT2D eigenvalue weighted by molar-refractivity contribution is 5.96. The number of ketones is 1. The molecule has 1 aliphatic heterocycles. The van der Waals surface area contributed by atoms with Crippen molar-refractivity contribution >= 4 is 23.7 Å². The van der Waals surface area contributed by atoms with Crippen LogP contribution in [0.2, 0.25) is 0 Å². The van der Waals surface area contributed by atoms with E-state index in [9.17, 15) is 19.2 Å². The van der Waals surface area contributed by atoms with Crippen LogP contribution in [-0.2, 0) is 38.1 Å². The van der Waals surface area contributed by atoms with E-state index in [1.807, 2.05) is 33.8 Å². The maximum atomic E-state index is 13.4. The van der Waals surface area contributed by atoms with Gasteiger partial charge < -0.3 is 23.4 Å². The second kappa shape index (κ2) is 9.93. The summed E-state index contributed by atoms with van der Waals surface area (Å²) in [6, 6.07) is 1.90. The summed E-state index contributed by atoms with van der Waals surface area (Å²) in [5, 5.41) is 0. The second-order valence-corrected chi connectivity index (χ2v) is 13.7. The quantitative estimate of drug-likeness (QED) is 0.190. The number of allylic oxidation sites excluding steroid dienone is 2. The number of epoxide rings is 1. The lowest BCUT2D eigenvalue weighted by Crippen LogP contribution is -2.66. The Morgan fingerprint density at radius 2 is 1.83 bits per heavy atom. The van der Waals surface area contributed by atoms with E-state index in [1.54, 1.807) is 38.5 Å². The van der Waals surface area contributed by atoms with Gasteiger partial charge in [-0.1, -0.05) is 54.2 Å². The number of furan rings is 1. The van der Waals surface area contributed by atoms with Gasteiger partial charge in [0.25, 0.3) is 0 Å². The normalized spacial score (nSPS) is 39.8. The van der Waals surface area contributed by atoms with E-state index in [4.69, 9.17) is 23.4 Å². The largest absolute Gasteiger partial charge is 0.472 e. The topological polar surface area (TPSA) is 122 Å². The molecule has 3 aliphatic carbocycles. The van der Waals surface area contributed by atoms with Crippen molar-refractivity contribution in [1.29, 1.82) is 0 Å². The van der Waals surface area contributed by atoms with Gasteiger partial charge in [-0.15, -0.1) is 0 Å². The first-order valence-corrected chi connectivity index (χ1v) is 14.6. The van der Waals surface area contributed by atoms with E-state index < -0.39 is 69.7 Å². The van der Waals surface area contributed by atoms with Crippen LogP contribution in [-0.4, -0.2) is 54.7 Å². The predicted molar refractivity (Wildman–Crippen MR) is 151 cm³/mol. The van der Waals surface area contributed by atoms with Crippen molar-refractivity contribution in [2.24, 2.45) is 34.0 Å². The Morgan fingerprint density at radius 3 is 2.40 bits per heavy atom. The Morgan fingerprint density at radius 1 is 1.14 bits per heavy atom. The summed E-state index contributed by atoms with van der Waals surface area (Å²) in [4.78, 5) is 52.2. The molecule has 42 heavy (non-hydrogen) atoms. The summed E-state index contributed by atoms with van der Waals surface area (Å²) in [7, 11) is 1.32. The molecule has 2 saturated carbocycles. The molecule has 228 valence electrons. The molecule has 2 heterocycles. The molecule has 5 rings (SSSR count). The van der Waals surface area contributed by atoms with Gasteiger partial charge in [-0.25, -0.2) is 0 Å². The first-order chi connectivity index (χ1) is 19.6. The number of ether oxygens (including phenoxy) is 4. The molecular weight excluding hydrogens is 540 g/mol. The van der Waals surface area contributed by atoms with E-state index in [0.29, 0.717) is 12.0 Å². The molecule has 3 fully saturated rings. The lowest BCUT2D eigenvalue weighted by molar-refractivity contribution is -0.209. The van der Waals surface area contributed by atoms with Crippen molar-refractivity contribution in [3.63, 3.8) is 0 Å². The number of carbonyl (C=O) groups excluding carboxylic acids is 4. The zero-order valence-electron chi connectivity index (χ0n) is 25.7. The zero-order chi connectivity index (χ0) is 31.0. The van der Waals surface area contributed by atoms with Gasteiger partial charge in [-0.3, -0.25) is 19.2 Å². The fourth-order valence-electron chi connectivity index (χ4n) is 8.62. The molecule has 0 amide bonds. The third-order valence-corrected chi connectivity index (χ3v) is 10.9. The van der Waals surface area contributed by atoms with Gasteiger partial charge in [0.1, 0.15) is 17.8 Å². The number of esters is 3. The fraction of sp³-hybridized carbons (Fsp3) is 0.636. The Kier molecular flexibility index (Phi) is 7.16. The molecule has 9 heteroatoms. The highest BCUT2D eigenvalue weighted by Crippen LogP contribution is 2.76. The maximum absolute atomic E-state index is 13.4. The lowest BCUT2D eigenvalue weighted by atomic mass is 9.46. The molecule has 0 aromatic carbocycles. The lowest BCUT2D eigenvalue weighted by Gasteiger charge is -2.59. The Balaban J connectivity index is 1.74. The number of hydrogen-bond acceptors (Lipinski definition) is 9. The van der Waals surface area contributed by atoms with Crippen molar-refractivity contribution < 1.29 is 42.5 Å². The smallest absolute Gasteiger partial charge is 0.308 e. The van der Waals surface area contributed by atoms with E-state index >= 15 is 0 Å². The van der Waals surface area contributed by atoms with Crippen LogP contribution in [0.1, 0.15) is 72.8 Å². The molecule has 1 aromatic heterocycles. The third kappa shape index (κ3) is 4.06. The average Bonchev–Trinajstić information content (AvgIpc) is 3.26. The number of carbonyl (C=O) groups is 4. The molecule has 0 N–H and O–H groups in total. The predicted octanol–water partition coefficient (Wildman–Crippen LogP) is 4.95. The van der Waals surface area contributed by atoms with Gasteiger partial charge >= 0.3 is 17.9 Å². The Labute approximate surface area is 247 Å². The van der Waals surface area contributed by atoms with E-state index in [-0.39, 0.29) is 24.2 Å². The fourth-order valence-corrected chi connectivity index (χ4v) is 8.62. The van der Waals surface area contributed by atoms with Gasteiger partial charge in [0.15, 0.2) is 5.78 Å². The molecule has 9 atom stereocenters. The highest BCUT2D eigenvalue weighted by Gasteiger charge is 2.84. The standard InChI is InChI=1S/C33H42O9/c1-17(2)29(37)41-28-27(40-19(4)34)26(31(7)12-10-23(35)30(5,6)22(31)15-25(36)38-9)18(3)33-24(42-33)14-21(32(28,33)8)20-11-13-39-16-20/h10-13,16-17,21-22,24,26-28H,3,14-15H2,1-2,4-9H3/t21-,22-,24+,26+,27+,28-,31-,32+,33+/m0/s1. The summed E-state index contributed by atoms with van der Waals surface area (Å²) in [5.41, 5.74) is -2.01. The first kappa shape index (κ1) is 30.3. The minimum absolute atomic E-state index is 0.0463. The van der Waals surface area contributed by atoms with Crippen molar-refractivity contribution in [2.45, 2.75) is 91.1 Å². The maximum Gasteiger partial charge on any atom is 0.308 e. The summed E-state index contributed by atoms with van der Waals surface area (Å²) in [5.74, 6) is -3.35. The minimum atomic E-state index is -0.982. The van der Waals surface area contributed by atoms with Crippen LogP contribution in [0.5, 0.6) is 0 Å². The molecule has 9 nitrogen and oxygen atoms in total. The molecule has 1 aromatic rings. The van der Waals surface area contributed by atoms with E-state index in [0.717, 1.165) is 5.56 Å². The van der Waals surface area contributed by atoms with Crippen molar-refractivity contribution in [2.75, 3.05) is 7.11 Å². The number of hydrogen-bond donors (Lipinski definition) is 0. The summed E-state index contributed by atoms with van der Waals surface area (Å²) in [6.07, 6.45) is 5.12. The molecule has 0 unspecified atom stereocenters. The van der Waals surface area contributed by atoms with Crippen LogP contribution in [0.3, 0.4) is 0 Å². The summed E-state index contributed by atoms with van der Waals surface area (Å²) < 4.78 is 29.6. The van der Waals surface area contributed by atoms with Gasteiger partial charge in [-0.05, 0) is 35.6 Å². The molecule has 0 radical (unpaired) electrons. The highest BCUT2D eigenvalue weighted by atomic mass is 16.6. The van der Waals surface area contributed by atoms with E-state index in [1.165, 1.54) is 14.0 Å². The van der Waals surface area contributed by atoms with Crippen molar-refractivity contribution in [3.05, 3.63) is 48.5 Å². The number of rotatable bonds is 7. The third-order valence-electron chi connectivity index (χ3n) is 10.9. The van der Waals surface area contributed by atoms with Crippen LogP contribution < -0.4 is 0 Å². The molecule has 1 spiro atoms. The van der Waals surface area contributed by atoms with Crippen LogP contribution in [0.15, 0.2) is 47.3 Å². The van der Waals surface area contributed by atoms with Gasteiger partial charge in [0.05, 0.1) is 43.5 Å². The van der Waals surface area contributed by atoms with Crippen molar-refractivity contribution in [1.82, 2.24) is 0 Å². The second-order valence-electron chi connectivity index (χ2n) is 13.7. The van der Waals surface area contributed by atoms with Crippen LogP contribution in [0, 0.1) is 34.0 Å². The van der Waals surface area contributed by atoms with Crippen molar-refractivity contribution in [3.8, 4) is 0 Å². The SMILES string of the molecule is C=C1[C@@H]([C@@]2(C)C=CC(=O)C(C)(C)[C@@H]2CC(=O)OC)[C@@H](OC(C)=O)[C@H](OC(=O)C(C)C)[C@@]2(C)[C@H](c3ccoc3)C[C@H]3O[C@]132. The molecule has 4 aliphatic rings. The monoisotopic (exact) mass is 582 g/mol.